The summed E-state index contributed by atoms with van der Waals surface area (Å²) in [5.74, 6) is -1.04. The maximum Gasteiger partial charge on any atom is 0.337 e. The largest absolute Gasteiger partial charge is 0.468 e. The fourth-order valence-electron chi connectivity index (χ4n) is 4.59. The molecule has 1 aromatic heterocycles. The standard InChI is InChI=1S/C30H29N3O4S/c1-5-36-30(35)26-25(23-12-9-13-37-23)22(16-31)29(33-28(26)21-10-7-6-8-11-21)38-17-24(34)32-27-19(3)14-18(2)15-20(27)4/h6-15,25,33H,5,17H2,1-4H3,(H,32,34)/t25-/m0/s1. The Balaban J connectivity index is 1.71. The number of carbonyl (C=O) groups is 2. The van der Waals surface area contributed by atoms with E-state index in [4.69, 9.17) is 9.15 Å². The Morgan fingerprint density at radius 2 is 1.82 bits per heavy atom. The second-order valence-electron chi connectivity index (χ2n) is 8.91. The highest BCUT2D eigenvalue weighted by Gasteiger charge is 2.39. The van der Waals surface area contributed by atoms with Gasteiger partial charge in [-0.25, -0.2) is 4.79 Å². The number of ether oxygens (including phenoxy) is 1. The van der Waals surface area contributed by atoms with Crippen molar-refractivity contribution < 1.29 is 18.7 Å². The van der Waals surface area contributed by atoms with Crippen molar-refractivity contribution in [1.82, 2.24) is 5.32 Å². The van der Waals surface area contributed by atoms with Crippen molar-refractivity contribution in [1.29, 1.82) is 5.26 Å². The van der Waals surface area contributed by atoms with Crippen molar-refractivity contribution in [2.24, 2.45) is 0 Å². The van der Waals surface area contributed by atoms with Crippen LogP contribution in [0.3, 0.4) is 0 Å². The minimum atomic E-state index is -0.794. The maximum atomic E-state index is 13.2. The van der Waals surface area contributed by atoms with E-state index in [0.717, 1.165) is 27.9 Å². The smallest absolute Gasteiger partial charge is 0.337 e. The van der Waals surface area contributed by atoms with Crippen LogP contribution in [0, 0.1) is 32.1 Å². The number of carbonyl (C=O) groups excluding carboxylic acids is 2. The third-order valence-electron chi connectivity index (χ3n) is 6.12. The fourth-order valence-corrected chi connectivity index (χ4v) is 5.43. The molecule has 2 heterocycles. The van der Waals surface area contributed by atoms with Crippen LogP contribution >= 0.6 is 11.8 Å². The van der Waals surface area contributed by atoms with Gasteiger partial charge in [0.25, 0.3) is 0 Å². The third kappa shape index (κ3) is 5.68. The fraction of sp³-hybridized carbons (Fsp3) is 0.233. The number of nitriles is 1. The summed E-state index contributed by atoms with van der Waals surface area (Å²) >= 11 is 1.20. The van der Waals surface area contributed by atoms with E-state index in [-0.39, 0.29) is 29.4 Å². The quantitative estimate of drug-likeness (QED) is 0.348. The van der Waals surface area contributed by atoms with E-state index in [1.807, 2.05) is 63.2 Å². The molecule has 0 saturated carbocycles. The van der Waals surface area contributed by atoms with Crippen LogP contribution in [0.5, 0.6) is 0 Å². The highest BCUT2D eigenvalue weighted by Crippen LogP contribution is 2.43. The molecule has 2 N–H and O–H groups in total. The number of anilines is 1. The van der Waals surface area contributed by atoms with Gasteiger partial charge in [0.15, 0.2) is 0 Å². The highest BCUT2D eigenvalue weighted by molar-refractivity contribution is 8.03. The van der Waals surface area contributed by atoms with Gasteiger partial charge in [-0.15, -0.1) is 0 Å². The van der Waals surface area contributed by atoms with Crippen LogP contribution in [-0.2, 0) is 14.3 Å². The summed E-state index contributed by atoms with van der Waals surface area (Å²) in [5, 5.41) is 17.0. The van der Waals surface area contributed by atoms with Crippen LogP contribution in [0.4, 0.5) is 5.69 Å². The molecule has 0 spiro atoms. The normalized spacial score (nSPS) is 15.1. The lowest BCUT2D eigenvalue weighted by atomic mass is 9.84. The van der Waals surface area contributed by atoms with Crippen LogP contribution in [0.25, 0.3) is 5.70 Å². The molecule has 4 rings (SSSR count). The molecule has 0 saturated heterocycles. The van der Waals surface area contributed by atoms with E-state index in [2.05, 4.69) is 16.7 Å². The molecule has 1 amide bonds. The molecule has 0 unspecified atom stereocenters. The van der Waals surface area contributed by atoms with Crippen molar-refractivity contribution in [2.45, 2.75) is 33.6 Å². The first-order chi connectivity index (χ1) is 18.3. The molecular weight excluding hydrogens is 498 g/mol. The van der Waals surface area contributed by atoms with E-state index >= 15 is 0 Å². The number of esters is 1. The summed E-state index contributed by atoms with van der Waals surface area (Å²) in [7, 11) is 0. The maximum absolute atomic E-state index is 13.2. The zero-order valence-corrected chi connectivity index (χ0v) is 22.6. The summed E-state index contributed by atoms with van der Waals surface area (Å²) in [6.45, 7) is 7.86. The van der Waals surface area contributed by atoms with Gasteiger partial charge < -0.3 is 19.8 Å². The van der Waals surface area contributed by atoms with Crippen molar-refractivity contribution in [3.8, 4) is 6.07 Å². The van der Waals surface area contributed by atoms with E-state index in [9.17, 15) is 14.9 Å². The molecule has 0 radical (unpaired) electrons. The second kappa shape index (κ2) is 11.9. The number of rotatable bonds is 8. The highest BCUT2D eigenvalue weighted by atomic mass is 32.2. The first kappa shape index (κ1) is 26.8. The molecule has 0 fully saturated rings. The number of aryl methyl sites for hydroxylation is 3. The average Bonchev–Trinajstić information content (AvgIpc) is 3.44. The van der Waals surface area contributed by atoms with Crippen molar-refractivity contribution in [3.63, 3.8) is 0 Å². The van der Waals surface area contributed by atoms with E-state index < -0.39 is 11.9 Å². The van der Waals surface area contributed by atoms with Gasteiger partial charge >= 0.3 is 5.97 Å². The summed E-state index contributed by atoms with van der Waals surface area (Å²) in [6.07, 6.45) is 1.50. The molecule has 3 aromatic rings. The average molecular weight is 528 g/mol. The lowest BCUT2D eigenvalue weighted by Crippen LogP contribution is -2.29. The number of nitrogens with one attached hydrogen (secondary N) is 2. The molecule has 38 heavy (non-hydrogen) atoms. The third-order valence-corrected chi connectivity index (χ3v) is 7.14. The minimum absolute atomic E-state index is 0.0575. The number of dihydropyridines is 1. The van der Waals surface area contributed by atoms with E-state index in [0.29, 0.717) is 16.5 Å². The Bertz CT molecular complexity index is 1430. The molecule has 1 aliphatic heterocycles. The first-order valence-electron chi connectivity index (χ1n) is 12.3. The van der Waals surface area contributed by atoms with Gasteiger partial charge in [-0.05, 0) is 56.5 Å². The van der Waals surface area contributed by atoms with Crippen molar-refractivity contribution in [3.05, 3.63) is 105 Å². The van der Waals surface area contributed by atoms with Gasteiger partial charge in [-0.3, -0.25) is 4.79 Å². The van der Waals surface area contributed by atoms with E-state index in [1.165, 1.54) is 18.0 Å². The number of benzene rings is 2. The Morgan fingerprint density at radius 3 is 2.42 bits per heavy atom. The monoisotopic (exact) mass is 527 g/mol. The lowest BCUT2D eigenvalue weighted by Gasteiger charge is -2.29. The first-order valence-corrected chi connectivity index (χ1v) is 13.2. The Morgan fingerprint density at radius 1 is 1.11 bits per heavy atom. The Labute approximate surface area is 226 Å². The molecule has 8 heteroatoms. The number of amides is 1. The van der Waals surface area contributed by atoms with Crippen LogP contribution in [0.2, 0.25) is 0 Å². The molecular formula is C30H29N3O4S. The van der Waals surface area contributed by atoms with Crippen LogP contribution in [0.15, 0.2) is 81.5 Å². The topological polar surface area (TPSA) is 104 Å². The molecule has 194 valence electrons. The summed E-state index contributed by atoms with van der Waals surface area (Å²) < 4.78 is 11.1. The van der Waals surface area contributed by atoms with Crippen LogP contribution < -0.4 is 10.6 Å². The number of hydrogen-bond donors (Lipinski definition) is 2. The molecule has 0 aliphatic carbocycles. The number of allylic oxidation sites excluding steroid dienone is 1. The molecule has 1 aliphatic rings. The van der Waals surface area contributed by atoms with Gasteiger partial charge in [0.05, 0.1) is 52.5 Å². The van der Waals surface area contributed by atoms with Crippen molar-refractivity contribution >= 4 is 35.0 Å². The van der Waals surface area contributed by atoms with E-state index in [1.54, 1.807) is 19.1 Å². The SMILES string of the molecule is CCOC(=O)C1=C(c2ccccc2)NC(SCC(=O)Nc2c(C)cc(C)cc2C)=C(C#N)[C@H]1c1ccco1. The molecule has 0 bridgehead atoms. The minimum Gasteiger partial charge on any atom is -0.468 e. The predicted molar refractivity (Wildman–Crippen MR) is 149 cm³/mol. The predicted octanol–water partition coefficient (Wildman–Crippen LogP) is 5.97. The lowest BCUT2D eigenvalue weighted by molar-refractivity contribution is -0.138. The van der Waals surface area contributed by atoms with Gasteiger partial charge in [0.1, 0.15) is 5.76 Å². The molecule has 1 atom stereocenters. The molecule has 7 nitrogen and oxygen atoms in total. The Hall–Kier alpha value is -4.22. The zero-order valence-electron chi connectivity index (χ0n) is 21.8. The van der Waals surface area contributed by atoms with Gasteiger partial charge in [-0.1, -0.05) is 59.8 Å². The second-order valence-corrected chi connectivity index (χ2v) is 9.90. The summed E-state index contributed by atoms with van der Waals surface area (Å²) in [6, 6.07) is 19.1. The van der Waals surface area contributed by atoms with Gasteiger partial charge in [-0.2, -0.15) is 5.26 Å². The molecule has 2 aromatic carbocycles. The Kier molecular flexibility index (Phi) is 8.39. The van der Waals surface area contributed by atoms with Gasteiger partial charge in [0.2, 0.25) is 5.91 Å². The summed E-state index contributed by atoms with van der Waals surface area (Å²) in [4.78, 5) is 26.2. The van der Waals surface area contributed by atoms with Crippen LogP contribution in [0.1, 0.15) is 40.9 Å². The number of furan rings is 1. The van der Waals surface area contributed by atoms with Gasteiger partial charge in [0, 0.05) is 5.69 Å². The van der Waals surface area contributed by atoms with Crippen LogP contribution in [-0.4, -0.2) is 24.2 Å². The summed E-state index contributed by atoms with van der Waals surface area (Å²) in [5.41, 5.74) is 5.71. The zero-order chi connectivity index (χ0) is 27.2. The number of nitrogens with zero attached hydrogens (tertiary/aromatic N) is 1. The number of hydrogen-bond acceptors (Lipinski definition) is 7. The number of thioether (sulfide) groups is 1. The van der Waals surface area contributed by atoms with Crippen molar-refractivity contribution in [2.75, 3.05) is 17.7 Å².